The van der Waals surface area contributed by atoms with Crippen molar-refractivity contribution in [2.45, 2.75) is 0 Å². The van der Waals surface area contributed by atoms with Crippen molar-refractivity contribution in [2.24, 2.45) is 0 Å². The van der Waals surface area contributed by atoms with Crippen LogP contribution in [0.4, 0.5) is 11.4 Å². The van der Waals surface area contributed by atoms with Gasteiger partial charge in [-0.15, -0.1) is 0 Å². The van der Waals surface area contributed by atoms with Gasteiger partial charge in [0, 0.05) is 11.1 Å². The zero-order valence-electron chi connectivity index (χ0n) is 9.97. The second kappa shape index (κ2) is 5.90. The number of nitrogens with one attached hydrogen (secondary N) is 1. The van der Waals surface area contributed by atoms with E-state index in [1.165, 1.54) is 18.2 Å². The number of nitro groups is 1. The Hall–Kier alpha value is -2.11. The average molecular weight is 311 g/mol. The molecule has 0 saturated heterocycles. The summed E-state index contributed by atoms with van der Waals surface area (Å²) in [6, 6.07) is 10.4. The Kier molecular flexibility index (Phi) is 4.22. The van der Waals surface area contributed by atoms with Crippen LogP contribution < -0.4 is 5.32 Å². The molecular formula is C13H8Cl2N2O3. The van der Waals surface area contributed by atoms with Crippen LogP contribution in [0.2, 0.25) is 10.0 Å². The normalized spacial score (nSPS) is 10.1. The van der Waals surface area contributed by atoms with Gasteiger partial charge in [0.25, 0.3) is 11.6 Å². The minimum Gasteiger partial charge on any atom is -0.320 e. The Morgan fingerprint density at radius 1 is 1.15 bits per heavy atom. The number of amides is 1. The number of carbonyl (C=O) groups excluding carboxylic acids is 1. The summed E-state index contributed by atoms with van der Waals surface area (Å²) >= 11 is 11.7. The largest absolute Gasteiger partial charge is 0.320 e. The van der Waals surface area contributed by atoms with Crippen molar-refractivity contribution in [3.63, 3.8) is 0 Å². The van der Waals surface area contributed by atoms with E-state index in [1.54, 1.807) is 24.3 Å². The van der Waals surface area contributed by atoms with Crippen LogP contribution in [0, 0.1) is 10.1 Å². The highest BCUT2D eigenvalue weighted by Crippen LogP contribution is 2.26. The summed E-state index contributed by atoms with van der Waals surface area (Å²) in [5, 5.41) is 14.0. The third-order valence-corrected chi connectivity index (χ3v) is 3.09. The number of halogens is 2. The molecule has 0 bridgehead atoms. The van der Waals surface area contributed by atoms with Crippen molar-refractivity contribution in [1.29, 1.82) is 0 Å². The Bertz CT molecular complexity index is 689. The molecule has 0 fully saturated rings. The van der Waals surface area contributed by atoms with Crippen molar-refractivity contribution < 1.29 is 9.72 Å². The van der Waals surface area contributed by atoms with Crippen molar-refractivity contribution in [3.05, 3.63) is 68.2 Å². The summed E-state index contributed by atoms with van der Waals surface area (Å²) in [6.45, 7) is 0. The van der Waals surface area contributed by atoms with Crippen molar-refractivity contribution in [1.82, 2.24) is 0 Å². The third kappa shape index (κ3) is 3.07. The fraction of sp³-hybridized carbons (Fsp3) is 0. The molecule has 0 heterocycles. The quantitative estimate of drug-likeness (QED) is 0.683. The second-order valence-electron chi connectivity index (χ2n) is 3.85. The summed E-state index contributed by atoms with van der Waals surface area (Å²) in [5.41, 5.74) is -0.0742. The lowest BCUT2D eigenvalue weighted by Crippen LogP contribution is -2.14. The van der Waals surface area contributed by atoms with Gasteiger partial charge < -0.3 is 5.32 Å². The van der Waals surface area contributed by atoms with E-state index in [-0.39, 0.29) is 16.3 Å². The van der Waals surface area contributed by atoms with E-state index in [0.29, 0.717) is 10.7 Å². The van der Waals surface area contributed by atoms with Crippen LogP contribution in [-0.2, 0) is 0 Å². The zero-order valence-corrected chi connectivity index (χ0v) is 11.5. The van der Waals surface area contributed by atoms with E-state index in [1.807, 2.05) is 0 Å². The summed E-state index contributed by atoms with van der Waals surface area (Å²) in [5.74, 6) is -0.646. The number of hydrogen-bond acceptors (Lipinski definition) is 3. The highest BCUT2D eigenvalue weighted by molar-refractivity contribution is 6.34. The third-order valence-electron chi connectivity index (χ3n) is 2.52. The van der Waals surface area contributed by atoms with Crippen molar-refractivity contribution in [3.8, 4) is 0 Å². The van der Waals surface area contributed by atoms with E-state index >= 15 is 0 Å². The van der Waals surface area contributed by atoms with Crippen LogP contribution in [0.15, 0.2) is 42.5 Å². The van der Waals surface area contributed by atoms with Gasteiger partial charge in [0.05, 0.1) is 15.6 Å². The molecule has 0 unspecified atom stereocenters. The van der Waals surface area contributed by atoms with Gasteiger partial charge >= 0.3 is 0 Å². The maximum Gasteiger partial charge on any atom is 0.282 e. The maximum absolute atomic E-state index is 12.1. The molecule has 0 aliphatic rings. The minimum absolute atomic E-state index is 0.123. The molecule has 0 radical (unpaired) electrons. The van der Waals surface area contributed by atoms with E-state index in [9.17, 15) is 14.9 Å². The summed E-state index contributed by atoms with van der Waals surface area (Å²) in [6.07, 6.45) is 0. The van der Waals surface area contributed by atoms with Gasteiger partial charge in [0.1, 0.15) is 5.56 Å². The molecular weight excluding hydrogens is 303 g/mol. The van der Waals surface area contributed by atoms with Crippen molar-refractivity contribution in [2.75, 3.05) is 5.32 Å². The lowest BCUT2D eigenvalue weighted by molar-refractivity contribution is -0.385. The SMILES string of the molecule is O=C(Nc1ccccc1Cl)c1cc(Cl)ccc1[N+](=O)[O-]. The molecule has 0 saturated carbocycles. The van der Waals surface area contributed by atoms with Crippen LogP contribution in [0.5, 0.6) is 0 Å². The Balaban J connectivity index is 2.37. The molecule has 7 heteroatoms. The number of hydrogen-bond donors (Lipinski definition) is 1. The molecule has 2 rings (SSSR count). The number of para-hydroxylation sites is 1. The molecule has 5 nitrogen and oxygen atoms in total. The molecule has 1 N–H and O–H groups in total. The van der Waals surface area contributed by atoms with Crippen LogP contribution >= 0.6 is 23.2 Å². The Morgan fingerprint density at radius 3 is 2.50 bits per heavy atom. The van der Waals surface area contributed by atoms with Crippen LogP contribution in [0.1, 0.15) is 10.4 Å². The summed E-state index contributed by atoms with van der Waals surface area (Å²) in [7, 11) is 0. The van der Waals surface area contributed by atoms with Gasteiger partial charge in [0.15, 0.2) is 0 Å². The standard InChI is InChI=1S/C13H8Cl2N2O3/c14-8-5-6-12(17(19)20)9(7-8)13(18)16-11-4-2-1-3-10(11)15/h1-7H,(H,16,18). The fourth-order valence-corrected chi connectivity index (χ4v) is 1.96. The Labute approximate surface area is 124 Å². The van der Waals surface area contributed by atoms with E-state index in [2.05, 4.69) is 5.32 Å². The minimum atomic E-state index is -0.646. The predicted octanol–water partition coefficient (Wildman–Crippen LogP) is 4.15. The van der Waals surface area contributed by atoms with Crippen molar-refractivity contribution >= 4 is 40.5 Å². The lowest BCUT2D eigenvalue weighted by atomic mass is 10.1. The van der Waals surface area contributed by atoms with Gasteiger partial charge in [-0.1, -0.05) is 35.3 Å². The van der Waals surface area contributed by atoms with Gasteiger partial charge in [-0.25, -0.2) is 0 Å². The van der Waals surface area contributed by atoms with Gasteiger partial charge in [-0.3, -0.25) is 14.9 Å². The van der Waals surface area contributed by atoms with Crippen LogP contribution in [-0.4, -0.2) is 10.8 Å². The van der Waals surface area contributed by atoms with Gasteiger partial charge in [0.2, 0.25) is 0 Å². The average Bonchev–Trinajstić information content (AvgIpc) is 2.40. The molecule has 0 aliphatic carbocycles. The molecule has 2 aromatic rings. The molecule has 102 valence electrons. The smallest absolute Gasteiger partial charge is 0.282 e. The summed E-state index contributed by atoms with van der Waals surface area (Å²) in [4.78, 5) is 22.4. The molecule has 0 atom stereocenters. The Morgan fingerprint density at radius 2 is 1.85 bits per heavy atom. The first kappa shape index (κ1) is 14.3. The number of benzene rings is 2. The number of rotatable bonds is 3. The first-order chi connectivity index (χ1) is 9.49. The fourth-order valence-electron chi connectivity index (χ4n) is 1.60. The highest BCUT2D eigenvalue weighted by atomic mass is 35.5. The van der Waals surface area contributed by atoms with Gasteiger partial charge in [-0.05, 0) is 24.3 Å². The monoisotopic (exact) mass is 310 g/mol. The highest BCUT2D eigenvalue weighted by Gasteiger charge is 2.21. The first-order valence-electron chi connectivity index (χ1n) is 5.49. The second-order valence-corrected chi connectivity index (χ2v) is 4.70. The lowest BCUT2D eigenvalue weighted by Gasteiger charge is -2.07. The number of carbonyl (C=O) groups is 1. The maximum atomic E-state index is 12.1. The number of nitrogens with zero attached hydrogens (tertiary/aromatic N) is 1. The topological polar surface area (TPSA) is 72.2 Å². The van der Waals surface area contributed by atoms with Gasteiger partial charge in [-0.2, -0.15) is 0 Å². The zero-order chi connectivity index (χ0) is 14.7. The van der Waals surface area contributed by atoms with E-state index in [0.717, 1.165) is 0 Å². The van der Waals surface area contributed by atoms with E-state index in [4.69, 9.17) is 23.2 Å². The molecule has 0 spiro atoms. The number of nitro benzene ring substituents is 1. The summed E-state index contributed by atoms with van der Waals surface area (Å²) < 4.78 is 0. The number of anilines is 1. The molecule has 1 amide bonds. The first-order valence-corrected chi connectivity index (χ1v) is 6.24. The molecule has 2 aromatic carbocycles. The molecule has 0 aliphatic heterocycles. The van der Waals surface area contributed by atoms with Crippen LogP contribution in [0.25, 0.3) is 0 Å². The van der Waals surface area contributed by atoms with E-state index < -0.39 is 10.8 Å². The molecule has 0 aromatic heterocycles. The van der Waals surface area contributed by atoms with Crippen LogP contribution in [0.3, 0.4) is 0 Å². The molecule has 20 heavy (non-hydrogen) atoms. The predicted molar refractivity (Wildman–Crippen MR) is 77.5 cm³/mol.